The number of aryl methyl sites for hydroxylation is 1. The molecule has 0 fully saturated rings. The van der Waals surface area contributed by atoms with Crippen LogP contribution in [-0.2, 0) is 9.59 Å². The number of aromatic nitrogens is 1. The molecule has 0 saturated heterocycles. The molecule has 1 amide bonds. The molecular weight excluding hydrogens is 288 g/mol. The molecule has 2 N–H and O–H groups in total. The maximum absolute atomic E-state index is 11.1. The lowest BCUT2D eigenvalue weighted by molar-refractivity contribution is -0.140. The van der Waals surface area contributed by atoms with Gasteiger partial charge in [0, 0.05) is 28.7 Å². The van der Waals surface area contributed by atoms with Gasteiger partial charge in [-0.3, -0.25) is 9.78 Å². The van der Waals surface area contributed by atoms with E-state index in [1.807, 2.05) is 37.3 Å². The lowest BCUT2D eigenvalue weighted by Gasteiger charge is -2.14. The number of aliphatic carboxylic acids is 1. The second-order valence-electron chi connectivity index (χ2n) is 4.68. The van der Waals surface area contributed by atoms with E-state index >= 15 is 0 Å². The van der Waals surface area contributed by atoms with E-state index in [0.29, 0.717) is 0 Å². The summed E-state index contributed by atoms with van der Waals surface area (Å²) in [6.07, 6.45) is 0. The number of thioether (sulfide) groups is 1. The van der Waals surface area contributed by atoms with Crippen molar-refractivity contribution in [2.45, 2.75) is 24.8 Å². The number of pyridine rings is 1. The quantitative estimate of drug-likeness (QED) is 0.828. The number of carbonyl (C=O) groups is 2. The lowest BCUT2D eigenvalue weighted by Crippen LogP contribution is -2.41. The molecule has 2 aromatic rings. The Bertz CT molecular complexity index is 688. The Balaban J connectivity index is 2.23. The molecule has 0 unspecified atom stereocenters. The third kappa shape index (κ3) is 3.95. The van der Waals surface area contributed by atoms with Crippen LogP contribution in [0.2, 0.25) is 0 Å². The van der Waals surface area contributed by atoms with Crippen LogP contribution in [0.1, 0.15) is 12.6 Å². The molecular formula is C15H16N2O3S. The molecule has 0 saturated carbocycles. The lowest BCUT2D eigenvalue weighted by atomic mass is 10.2. The number of amides is 1. The van der Waals surface area contributed by atoms with Gasteiger partial charge >= 0.3 is 5.97 Å². The fourth-order valence-electron chi connectivity index (χ4n) is 1.98. The highest BCUT2D eigenvalue weighted by molar-refractivity contribution is 7.99. The first kappa shape index (κ1) is 15.3. The monoisotopic (exact) mass is 304 g/mol. The van der Waals surface area contributed by atoms with Crippen molar-refractivity contribution in [3.8, 4) is 0 Å². The van der Waals surface area contributed by atoms with Gasteiger partial charge in [0.1, 0.15) is 6.04 Å². The van der Waals surface area contributed by atoms with Crippen molar-refractivity contribution in [3.05, 3.63) is 36.0 Å². The van der Waals surface area contributed by atoms with Gasteiger partial charge in [-0.1, -0.05) is 18.2 Å². The van der Waals surface area contributed by atoms with E-state index in [0.717, 1.165) is 21.5 Å². The largest absolute Gasteiger partial charge is 0.480 e. The number of hydrogen-bond acceptors (Lipinski definition) is 4. The van der Waals surface area contributed by atoms with Crippen molar-refractivity contribution < 1.29 is 14.7 Å². The summed E-state index contributed by atoms with van der Waals surface area (Å²) < 4.78 is 0. The summed E-state index contributed by atoms with van der Waals surface area (Å²) in [7, 11) is 0. The summed E-state index contributed by atoms with van der Waals surface area (Å²) in [5.41, 5.74) is 1.76. The normalized spacial score (nSPS) is 12.1. The summed E-state index contributed by atoms with van der Waals surface area (Å²) in [5.74, 6) is -1.12. The number of carboxylic acids is 1. The minimum Gasteiger partial charge on any atom is -0.480 e. The Hall–Kier alpha value is -2.08. The molecule has 0 aliphatic heterocycles. The summed E-state index contributed by atoms with van der Waals surface area (Å²) in [6, 6.07) is 8.75. The number of fused-ring (bicyclic) bond motifs is 1. The molecule has 1 heterocycles. The Morgan fingerprint density at radius 3 is 2.76 bits per heavy atom. The number of carbonyl (C=O) groups excluding carboxylic acids is 1. The van der Waals surface area contributed by atoms with Crippen molar-refractivity contribution in [2.75, 3.05) is 5.75 Å². The zero-order valence-corrected chi connectivity index (χ0v) is 12.6. The predicted octanol–water partition coefficient (Wildman–Crippen LogP) is 2.22. The van der Waals surface area contributed by atoms with Crippen molar-refractivity contribution in [2.24, 2.45) is 0 Å². The van der Waals surface area contributed by atoms with Gasteiger partial charge in [0.05, 0.1) is 5.52 Å². The number of nitrogens with one attached hydrogen (secondary N) is 1. The van der Waals surface area contributed by atoms with E-state index in [-0.39, 0.29) is 11.7 Å². The summed E-state index contributed by atoms with van der Waals surface area (Å²) >= 11 is 1.41. The third-order valence-corrected chi connectivity index (χ3v) is 4.04. The standard InChI is InChI=1S/C15H16N2O3S/c1-9-7-14(11-5-3-4-6-12(11)16-9)21-8-13(15(19)20)17-10(2)18/h3-7,13H,8H2,1-2H3,(H,17,18)(H,19,20)/t13-/m1/s1. The molecule has 0 aliphatic rings. The zero-order chi connectivity index (χ0) is 15.4. The van der Waals surface area contributed by atoms with E-state index < -0.39 is 12.0 Å². The predicted molar refractivity (Wildman–Crippen MR) is 82.4 cm³/mol. The number of rotatable bonds is 5. The second-order valence-corrected chi connectivity index (χ2v) is 5.74. The van der Waals surface area contributed by atoms with E-state index in [1.54, 1.807) is 0 Å². The van der Waals surface area contributed by atoms with Crippen LogP contribution in [0.3, 0.4) is 0 Å². The molecule has 6 heteroatoms. The molecule has 0 spiro atoms. The Kier molecular flexibility index (Phi) is 4.80. The number of carboxylic acid groups (broad SMARTS) is 1. The van der Waals surface area contributed by atoms with Crippen molar-refractivity contribution in [1.29, 1.82) is 0 Å². The Labute approximate surface area is 126 Å². The number of nitrogens with zero attached hydrogens (tertiary/aromatic N) is 1. The first-order chi connectivity index (χ1) is 9.97. The van der Waals surface area contributed by atoms with Gasteiger partial charge in [0.2, 0.25) is 5.91 Å². The van der Waals surface area contributed by atoms with E-state index in [4.69, 9.17) is 5.11 Å². The van der Waals surface area contributed by atoms with Gasteiger partial charge in [-0.15, -0.1) is 11.8 Å². The van der Waals surface area contributed by atoms with Crippen molar-refractivity contribution >= 4 is 34.5 Å². The zero-order valence-electron chi connectivity index (χ0n) is 11.8. The highest BCUT2D eigenvalue weighted by atomic mass is 32.2. The van der Waals surface area contributed by atoms with Gasteiger partial charge < -0.3 is 10.4 Å². The topological polar surface area (TPSA) is 79.3 Å². The summed E-state index contributed by atoms with van der Waals surface area (Å²) in [6.45, 7) is 3.21. The molecule has 110 valence electrons. The Morgan fingerprint density at radius 2 is 2.10 bits per heavy atom. The molecule has 0 radical (unpaired) electrons. The van der Waals surface area contributed by atoms with Crippen LogP contribution in [0.5, 0.6) is 0 Å². The molecule has 2 rings (SSSR count). The van der Waals surface area contributed by atoms with E-state index in [9.17, 15) is 9.59 Å². The second kappa shape index (κ2) is 6.58. The highest BCUT2D eigenvalue weighted by Gasteiger charge is 2.19. The third-order valence-electron chi connectivity index (χ3n) is 2.89. The number of hydrogen-bond donors (Lipinski definition) is 2. The van der Waals surface area contributed by atoms with E-state index in [1.165, 1.54) is 18.7 Å². The fraction of sp³-hybridized carbons (Fsp3) is 0.267. The SMILES string of the molecule is CC(=O)N[C@H](CSc1cc(C)nc2ccccc12)C(=O)O. The molecule has 1 aromatic carbocycles. The first-order valence-electron chi connectivity index (χ1n) is 6.46. The minimum absolute atomic E-state index is 0.266. The molecule has 1 atom stereocenters. The van der Waals surface area contributed by atoms with Crippen LogP contribution < -0.4 is 5.32 Å². The Morgan fingerprint density at radius 1 is 1.38 bits per heavy atom. The average Bonchev–Trinajstić information content (AvgIpc) is 2.42. The van der Waals surface area contributed by atoms with Crippen molar-refractivity contribution in [1.82, 2.24) is 10.3 Å². The molecule has 0 aliphatic carbocycles. The fourth-order valence-corrected chi connectivity index (χ4v) is 3.14. The van der Waals surface area contributed by atoms with Crippen LogP contribution in [0, 0.1) is 6.92 Å². The minimum atomic E-state index is -1.03. The van der Waals surface area contributed by atoms with Gasteiger partial charge in [0.25, 0.3) is 0 Å². The van der Waals surface area contributed by atoms with Crippen LogP contribution in [0.15, 0.2) is 35.2 Å². The highest BCUT2D eigenvalue weighted by Crippen LogP contribution is 2.28. The van der Waals surface area contributed by atoms with Gasteiger partial charge in [-0.05, 0) is 19.1 Å². The number of para-hydroxylation sites is 1. The van der Waals surface area contributed by atoms with Gasteiger partial charge in [-0.25, -0.2) is 4.79 Å². The van der Waals surface area contributed by atoms with E-state index in [2.05, 4.69) is 10.3 Å². The molecule has 0 bridgehead atoms. The smallest absolute Gasteiger partial charge is 0.327 e. The van der Waals surface area contributed by atoms with Gasteiger partial charge in [0.15, 0.2) is 0 Å². The van der Waals surface area contributed by atoms with Crippen LogP contribution in [-0.4, -0.2) is 33.8 Å². The maximum Gasteiger partial charge on any atom is 0.327 e. The molecule has 1 aromatic heterocycles. The molecule has 5 nitrogen and oxygen atoms in total. The van der Waals surface area contributed by atoms with Crippen LogP contribution >= 0.6 is 11.8 Å². The van der Waals surface area contributed by atoms with Crippen LogP contribution in [0.25, 0.3) is 10.9 Å². The summed E-state index contributed by atoms with van der Waals surface area (Å²) in [4.78, 5) is 27.6. The van der Waals surface area contributed by atoms with Gasteiger partial charge in [-0.2, -0.15) is 0 Å². The first-order valence-corrected chi connectivity index (χ1v) is 7.45. The maximum atomic E-state index is 11.1. The summed E-state index contributed by atoms with van der Waals surface area (Å²) in [5, 5.41) is 12.6. The van der Waals surface area contributed by atoms with Crippen molar-refractivity contribution in [3.63, 3.8) is 0 Å². The average molecular weight is 304 g/mol. The molecule has 21 heavy (non-hydrogen) atoms. The number of benzene rings is 1. The van der Waals surface area contributed by atoms with Crippen LogP contribution in [0.4, 0.5) is 0 Å².